The summed E-state index contributed by atoms with van der Waals surface area (Å²) < 4.78 is 0. The van der Waals surface area contributed by atoms with Crippen molar-refractivity contribution in [2.75, 3.05) is 25.0 Å². The van der Waals surface area contributed by atoms with Crippen LogP contribution in [0.5, 0.6) is 0 Å². The minimum absolute atomic E-state index is 0.00924. The summed E-state index contributed by atoms with van der Waals surface area (Å²) in [6.45, 7) is 4.97. The summed E-state index contributed by atoms with van der Waals surface area (Å²) in [4.78, 5) is 35.7. The minimum atomic E-state index is -0.302. The molecule has 2 rings (SSSR count). The lowest BCUT2D eigenvalue weighted by atomic mass is 10.1. The molecular weight excluding hydrogens is 270 g/mol. The number of piperazine rings is 1. The Morgan fingerprint density at radius 2 is 1.95 bits per heavy atom. The highest BCUT2D eigenvalue weighted by Crippen LogP contribution is 2.10. The van der Waals surface area contributed by atoms with Gasteiger partial charge in [-0.1, -0.05) is 0 Å². The van der Waals surface area contributed by atoms with Crippen molar-refractivity contribution in [3.05, 3.63) is 29.8 Å². The molecule has 1 aliphatic heterocycles. The molecule has 1 saturated heterocycles. The van der Waals surface area contributed by atoms with Crippen LogP contribution in [0.4, 0.5) is 5.69 Å². The number of carbonyl (C=O) groups excluding carboxylic acids is 3. The zero-order chi connectivity index (χ0) is 15.4. The Balaban J connectivity index is 1.96. The molecule has 1 fully saturated rings. The van der Waals surface area contributed by atoms with E-state index in [-0.39, 0.29) is 23.6 Å². The molecule has 2 amide bonds. The van der Waals surface area contributed by atoms with Gasteiger partial charge in [0.1, 0.15) is 0 Å². The Labute approximate surface area is 123 Å². The van der Waals surface area contributed by atoms with Crippen molar-refractivity contribution < 1.29 is 19.3 Å². The number of carbonyl (C=O) groups is 3. The van der Waals surface area contributed by atoms with Crippen molar-refractivity contribution in [2.24, 2.45) is 0 Å². The molecule has 0 bridgehead atoms. The first-order valence-electron chi connectivity index (χ1n) is 7.00. The first kappa shape index (κ1) is 15.2. The average molecular weight is 290 g/mol. The molecule has 6 heteroatoms. The fourth-order valence-corrected chi connectivity index (χ4v) is 2.31. The standard InChI is InChI=1S/C15H19N3O3/c1-10(18-8-7-16-14(20)9-18)15(21)17-13-5-3-12(4-6-13)11(2)19/h3-6,10H,7-9H2,1-2H3,(H,16,20)(H,17,21)/p+1/t10-/m0/s1. The topological polar surface area (TPSA) is 79.7 Å². The smallest absolute Gasteiger partial charge is 0.282 e. The van der Waals surface area contributed by atoms with Crippen LogP contribution in [0.1, 0.15) is 24.2 Å². The normalized spacial score (nSPS) is 19.5. The maximum Gasteiger partial charge on any atom is 0.282 e. The fourth-order valence-electron chi connectivity index (χ4n) is 2.31. The van der Waals surface area contributed by atoms with Gasteiger partial charge in [0.25, 0.3) is 11.8 Å². The molecule has 6 nitrogen and oxygen atoms in total. The van der Waals surface area contributed by atoms with Crippen LogP contribution in [-0.2, 0) is 9.59 Å². The van der Waals surface area contributed by atoms with E-state index in [0.29, 0.717) is 24.3 Å². The largest absolute Gasteiger partial charge is 0.346 e. The van der Waals surface area contributed by atoms with Crippen molar-refractivity contribution in [1.82, 2.24) is 5.32 Å². The van der Waals surface area contributed by atoms with E-state index in [2.05, 4.69) is 10.6 Å². The molecule has 1 heterocycles. The first-order valence-corrected chi connectivity index (χ1v) is 7.00. The van der Waals surface area contributed by atoms with Gasteiger partial charge in [0.15, 0.2) is 18.4 Å². The number of hydrogen-bond acceptors (Lipinski definition) is 3. The maximum atomic E-state index is 12.2. The number of hydrogen-bond donors (Lipinski definition) is 3. The molecule has 0 spiro atoms. The molecule has 1 aromatic rings. The quantitative estimate of drug-likeness (QED) is 0.637. The van der Waals surface area contributed by atoms with Gasteiger partial charge in [0, 0.05) is 11.3 Å². The third-order valence-electron chi connectivity index (χ3n) is 3.72. The van der Waals surface area contributed by atoms with Crippen molar-refractivity contribution in [1.29, 1.82) is 0 Å². The Bertz CT molecular complexity index is 554. The predicted octanol–water partition coefficient (Wildman–Crippen LogP) is -0.769. The SMILES string of the molecule is CC(=O)c1ccc(NC(=O)[C@H](C)[NH+]2CCNC(=O)C2)cc1. The van der Waals surface area contributed by atoms with E-state index < -0.39 is 0 Å². The van der Waals surface area contributed by atoms with Gasteiger partial charge >= 0.3 is 0 Å². The zero-order valence-electron chi connectivity index (χ0n) is 12.2. The molecule has 0 radical (unpaired) electrons. The zero-order valence-corrected chi connectivity index (χ0v) is 12.2. The number of benzene rings is 1. The number of Topliss-reactive ketones (excluding diaryl/α,β-unsaturated/α-hetero) is 1. The summed E-state index contributed by atoms with van der Waals surface area (Å²) in [5.41, 5.74) is 1.26. The van der Waals surface area contributed by atoms with Crippen LogP contribution in [-0.4, -0.2) is 43.3 Å². The van der Waals surface area contributed by atoms with Crippen LogP contribution in [0.25, 0.3) is 0 Å². The van der Waals surface area contributed by atoms with E-state index in [1.165, 1.54) is 6.92 Å². The minimum Gasteiger partial charge on any atom is -0.346 e. The second kappa shape index (κ2) is 6.49. The summed E-state index contributed by atoms with van der Waals surface area (Å²) in [6, 6.07) is 6.48. The Hall–Kier alpha value is -2.21. The second-order valence-corrected chi connectivity index (χ2v) is 5.28. The third-order valence-corrected chi connectivity index (χ3v) is 3.72. The van der Waals surface area contributed by atoms with Crippen molar-refractivity contribution in [2.45, 2.75) is 19.9 Å². The highest BCUT2D eigenvalue weighted by molar-refractivity contribution is 5.96. The molecule has 2 atom stereocenters. The van der Waals surface area contributed by atoms with Crippen LogP contribution in [0.2, 0.25) is 0 Å². The summed E-state index contributed by atoms with van der Waals surface area (Å²) in [6.07, 6.45) is 0. The number of rotatable bonds is 4. The van der Waals surface area contributed by atoms with Crippen LogP contribution in [0.15, 0.2) is 24.3 Å². The molecule has 112 valence electrons. The number of anilines is 1. The van der Waals surface area contributed by atoms with E-state index in [1.54, 1.807) is 24.3 Å². The highest BCUT2D eigenvalue weighted by Gasteiger charge is 2.29. The van der Waals surface area contributed by atoms with Gasteiger partial charge in [0.05, 0.1) is 13.1 Å². The summed E-state index contributed by atoms with van der Waals surface area (Å²) in [5, 5.41) is 5.57. The summed E-state index contributed by atoms with van der Waals surface area (Å²) in [7, 11) is 0. The molecule has 0 saturated carbocycles. The summed E-state index contributed by atoms with van der Waals surface area (Å²) in [5.74, 6) is -0.165. The lowest BCUT2D eigenvalue weighted by molar-refractivity contribution is -0.907. The first-order chi connectivity index (χ1) is 9.97. The second-order valence-electron chi connectivity index (χ2n) is 5.28. The lowest BCUT2D eigenvalue weighted by Crippen LogP contribution is -3.19. The van der Waals surface area contributed by atoms with Gasteiger partial charge in [-0.2, -0.15) is 0 Å². The third kappa shape index (κ3) is 3.88. The average Bonchev–Trinajstić information content (AvgIpc) is 2.47. The Morgan fingerprint density at radius 3 is 2.52 bits per heavy atom. The molecule has 0 aliphatic carbocycles. The van der Waals surface area contributed by atoms with Crippen LogP contribution >= 0.6 is 0 Å². The molecule has 1 aliphatic rings. The maximum absolute atomic E-state index is 12.2. The molecule has 1 unspecified atom stereocenters. The van der Waals surface area contributed by atoms with Gasteiger partial charge in [-0.3, -0.25) is 14.4 Å². The van der Waals surface area contributed by atoms with Gasteiger partial charge in [-0.15, -0.1) is 0 Å². The molecule has 0 aromatic heterocycles. The van der Waals surface area contributed by atoms with E-state index >= 15 is 0 Å². The van der Waals surface area contributed by atoms with Crippen LogP contribution in [0.3, 0.4) is 0 Å². The van der Waals surface area contributed by atoms with Gasteiger partial charge in [-0.05, 0) is 38.1 Å². The van der Waals surface area contributed by atoms with E-state index in [9.17, 15) is 14.4 Å². The van der Waals surface area contributed by atoms with E-state index in [0.717, 1.165) is 11.4 Å². The summed E-state index contributed by atoms with van der Waals surface area (Å²) >= 11 is 0. The van der Waals surface area contributed by atoms with Gasteiger partial charge in [0.2, 0.25) is 0 Å². The number of amides is 2. The number of nitrogens with one attached hydrogen (secondary N) is 3. The van der Waals surface area contributed by atoms with Crippen LogP contribution in [0, 0.1) is 0 Å². The van der Waals surface area contributed by atoms with Crippen molar-refractivity contribution in [3.63, 3.8) is 0 Å². The Kier molecular flexibility index (Phi) is 4.70. The van der Waals surface area contributed by atoms with E-state index in [1.807, 2.05) is 6.92 Å². The highest BCUT2D eigenvalue weighted by atomic mass is 16.2. The predicted molar refractivity (Wildman–Crippen MR) is 78.2 cm³/mol. The monoisotopic (exact) mass is 290 g/mol. The molecule has 21 heavy (non-hydrogen) atoms. The van der Waals surface area contributed by atoms with E-state index in [4.69, 9.17) is 0 Å². The number of quaternary nitrogens is 1. The van der Waals surface area contributed by atoms with Crippen molar-refractivity contribution in [3.8, 4) is 0 Å². The van der Waals surface area contributed by atoms with Crippen molar-refractivity contribution >= 4 is 23.3 Å². The molecule has 3 N–H and O–H groups in total. The molecular formula is C15H20N3O3+. The van der Waals surface area contributed by atoms with Gasteiger partial charge in [-0.25, -0.2) is 0 Å². The van der Waals surface area contributed by atoms with Crippen LogP contribution < -0.4 is 15.5 Å². The number of ketones is 1. The Morgan fingerprint density at radius 1 is 1.29 bits per heavy atom. The molecule has 1 aromatic carbocycles. The lowest BCUT2D eigenvalue weighted by Gasteiger charge is -2.28. The fraction of sp³-hybridized carbons (Fsp3) is 0.400. The van der Waals surface area contributed by atoms with Gasteiger partial charge < -0.3 is 15.5 Å².